The van der Waals surface area contributed by atoms with Gasteiger partial charge in [0, 0.05) is 36.1 Å². The van der Waals surface area contributed by atoms with Crippen LogP contribution in [-0.4, -0.2) is 34.7 Å². The van der Waals surface area contributed by atoms with Gasteiger partial charge >= 0.3 is 0 Å². The number of benzene rings is 2. The minimum Gasteiger partial charge on any atom is -0.375 e. The zero-order chi connectivity index (χ0) is 19.2. The number of amides is 1. The van der Waals surface area contributed by atoms with Crippen molar-refractivity contribution in [2.75, 3.05) is 23.8 Å². The van der Waals surface area contributed by atoms with Crippen LogP contribution < -0.4 is 16.0 Å². The maximum atomic E-state index is 12.4. The SMILES string of the molecule is CCCN(C)c1ccc(C(=O)Nc2ccc(-c3n[nH]c(CN)n3)cc2)cc1. The van der Waals surface area contributed by atoms with Crippen molar-refractivity contribution in [2.45, 2.75) is 19.9 Å². The summed E-state index contributed by atoms with van der Waals surface area (Å²) >= 11 is 0. The van der Waals surface area contributed by atoms with Crippen molar-refractivity contribution in [3.05, 3.63) is 59.9 Å². The molecule has 0 saturated heterocycles. The lowest BCUT2D eigenvalue weighted by atomic mass is 10.1. The standard InChI is InChI=1S/C20H24N6O/c1-3-12-26(2)17-10-6-15(7-11-17)20(27)22-16-8-4-14(5-9-16)19-23-18(13-21)24-25-19/h4-11H,3,12-13,21H2,1-2H3,(H,22,27)(H,23,24,25). The second kappa shape index (κ2) is 8.46. The zero-order valence-corrected chi connectivity index (χ0v) is 15.6. The zero-order valence-electron chi connectivity index (χ0n) is 15.6. The molecule has 0 unspecified atom stereocenters. The fourth-order valence-electron chi connectivity index (χ4n) is 2.75. The molecule has 0 saturated carbocycles. The van der Waals surface area contributed by atoms with Crippen molar-refractivity contribution < 1.29 is 4.79 Å². The van der Waals surface area contributed by atoms with Crippen molar-refractivity contribution >= 4 is 17.3 Å². The van der Waals surface area contributed by atoms with Crippen molar-refractivity contribution in [1.82, 2.24) is 15.2 Å². The van der Waals surface area contributed by atoms with Gasteiger partial charge in [-0.25, -0.2) is 4.98 Å². The van der Waals surface area contributed by atoms with Crippen molar-refractivity contribution in [2.24, 2.45) is 5.73 Å². The van der Waals surface area contributed by atoms with Gasteiger partial charge in [-0.1, -0.05) is 6.92 Å². The van der Waals surface area contributed by atoms with E-state index in [0.29, 0.717) is 29.4 Å². The smallest absolute Gasteiger partial charge is 0.255 e. The van der Waals surface area contributed by atoms with Gasteiger partial charge in [0.05, 0.1) is 6.54 Å². The number of aromatic nitrogens is 3. The van der Waals surface area contributed by atoms with E-state index in [4.69, 9.17) is 5.73 Å². The quantitative estimate of drug-likeness (QED) is 0.598. The molecule has 2 aromatic carbocycles. The molecule has 0 aliphatic heterocycles. The van der Waals surface area contributed by atoms with Gasteiger partial charge in [-0.2, -0.15) is 5.10 Å². The summed E-state index contributed by atoms with van der Waals surface area (Å²) in [5, 5.41) is 9.81. The normalized spacial score (nSPS) is 10.6. The Balaban J connectivity index is 1.65. The van der Waals surface area contributed by atoms with Gasteiger partial charge in [0.1, 0.15) is 5.82 Å². The molecule has 1 heterocycles. The monoisotopic (exact) mass is 364 g/mol. The van der Waals surface area contributed by atoms with Gasteiger partial charge in [0.15, 0.2) is 5.82 Å². The van der Waals surface area contributed by atoms with Crippen LogP contribution in [0.4, 0.5) is 11.4 Å². The first kappa shape index (κ1) is 18.6. The second-order valence-corrected chi connectivity index (χ2v) is 6.31. The molecule has 0 radical (unpaired) electrons. The molecule has 1 amide bonds. The average molecular weight is 364 g/mol. The van der Waals surface area contributed by atoms with E-state index in [1.807, 2.05) is 55.6 Å². The number of anilines is 2. The Morgan fingerprint density at radius 1 is 1.15 bits per heavy atom. The highest BCUT2D eigenvalue weighted by molar-refractivity contribution is 6.04. The molecule has 140 valence electrons. The van der Waals surface area contributed by atoms with E-state index in [1.165, 1.54) is 0 Å². The third-order valence-electron chi connectivity index (χ3n) is 4.26. The van der Waals surface area contributed by atoms with E-state index < -0.39 is 0 Å². The Morgan fingerprint density at radius 3 is 2.44 bits per heavy atom. The number of rotatable bonds is 7. The fourth-order valence-corrected chi connectivity index (χ4v) is 2.75. The molecule has 7 nitrogen and oxygen atoms in total. The van der Waals surface area contributed by atoms with E-state index >= 15 is 0 Å². The van der Waals surface area contributed by atoms with Crippen LogP contribution in [0.2, 0.25) is 0 Å². The van der Waals surface area contributed by atoms with Crippen molar-refractivity contribution in [1.29, 1.82) is 0 Å². The highest BCUT2D eigenvalue weighted by Crippen LogP contribution is 2.19. The van der Waals surface area contributed by atoms with E-state index in [-0.39, 0.29) is 5.91 Å². The summed E-state index contributed by atoms with van der Waals surface area (Å²) in [7, 11) is 2.05. The largest absolute Gasteiger partial charge is 0.375 e. The van der Waals surface area contributed by atoms with Crippen LogP contribution in [0, 0.1) is 0 Å². The number of nitrogens with zero attached hydrogens (tertiary/aromatic N) is 3. The lowest BCUT2D eigenvalue weighted by Crippen LogP contribution is -2.18. The van der Waals surface area contributed by atoms with Crippen LogP contribution in [0.15, 0.2) is 48.5 Å². The fraction of sp³-hybridized carbons (Fsp3) is 0.250. The highest BCUT2D eigenvalue weighted by Gasteiger charge is 2.09. The number of aromatic amines is 1. The third kappa shape index (κ3) is 4.51. The number of hydrogen-bond donors (Lipinski definition) is 3. The van der Waals surface area contributed by atoms with Gasteiger partial charge in [-0.05, 0) is 55.0 Å². The molecule has 1 aromatic heterocycles. The lowest BCUT2D eigenvalue weighted by Gasteiger charge is -2.18. The van der Waals surface area contributed by atoms with Gasteiger partial charge in [-0.15, -0.1) is 0 Å². The number of nitrogens with two attached hydrogens (primary N) is 1. The molecule has 0 aliphatic rings. The van der Waals surface area contributed by atoms with Gasteiger partial charge in [0.25, 0.3) is 5.91 Å². The van der Waals surface area contributed by atoms with Gasteiger partial charge in [0.2, 0.25) is 0 Å². The predicted molar refractivity (Wildman–Crippen MR) is 108 cm³/mol. The van der Waals surface area contributed by atoms with E-state index in [1.54, 1.807) is 0 Å². The molecule has 3 aromatic rings. The molecule has 0 aliphatic carbocycles. The van der Waals surface area contributed by atoms with Crippen LogP contribution in [0.5, 0.6) is 0 Å². The minimum absolute atomic E-state index is 0.143. The summed E-state index contributed by atoms with van der Waals surface area (Å²) in [6, 6.07) is 15.0. The maximum Gasteiger partial charge on any atom is 0.255 e. The maximum absolute atomic E-state index is 12.4. The molecule has 0 atom stereocenters. The summed E-state index contributed by atoms with van der Waals surface area (Å²) in [6.07, 6.45) is 1.08. The number of hydrogen-bond acceptors (Lipinski definition) is 5. The Morgan fingerprint density at radius 2 is 1.85 bits per heavy atom. The van der Waals surface area contributed by atoms with E-state index in [0.717, 1.165) is 24.2 Å². The van der Waals surface area contributed by atoms with Crippen LogP contribution in [0.25, 0.3) is 11.4 Å². The molecule has 3 rings (SSSR count). The summed E-state index contributed by atoms with van der Waals surface area (Å²) < 4.78 is 0. The summed E-state index contributed by atoms with van der Waals surface area (Å²) in [4.78, 5) is 18.9. The molecule has 0 fully saturated rings. The first-order valence-corrected chi connectivity index (χ1v) is 8.95. The van der Waals surface area contributed by atoms with Gasteiger partial charge in [-0.3, -0.25) is 9.89 Å². The van der Waals surface area contributed by atoms with Crippen LogP contribution in [0.1, 0.15) is 29.5 Å². The van der Waals surface area contributed by atoms with Crippen LogP contribution >= 0.6 is 0 Å². The summed E-state index contributed by atoms with van der Waals surface area (Å²) in [6.45, 7) is 3.44. The summed E-state index contributed by atoms with van der Waals surface area (Å²) in [5.41, 5.74) is 8.82. The highest BCUT2D eigenvalue weighted by atomic mass is 16.1. The van der Waals surface area contributed by atoms with E-state index in [2.05, 4.69) is 32.3 Å². The van der Waals surface area contributed by atoms with E-state index in [9.17, 15) is 4.79 Å². The Bertz CT molecular complexity index is 886. The van der Waals surface area contributed by atoms with Crippen molar-refractivity contribution in [3.63, 3.8) is 0 Å². The third-order valence-corrected chi connectivity index (χ3v) is 4.26. The molecule has 4 N–H and O–H groups in total. The van der Waals surface area contributed by atoms with Crippen LogP contribution in [-0.2, 0) is 6.54 Å². The number of H-pyrrole nitrogens is 1. The van der Waals surface area contributed by atoms with Crippen LogP contribution in [0.3, 0.4) is 0 Å². The molecular formula is C20H24N6O. The summed E-state index contributed by atoms with van der Waals surface area (Å²) in [5.74, 6) is 1.08. The molecule has 7 heteroatoms. The minimum atomic E-state index is -0.143. The number of nitrogens with one attached hydrogen (secondary N) is 2. The Hall–Kier alpha value is -3.19. The number of carbonyl (C=O) groups excluding carboxylic acids is 1. The second-order valence-electron chi connectivity index (χ2n) is 6.31. The lowest BCUT2D eigenvalue weighted by molar-refractivity contribution is 0.102. The predicted octanol–water partition coefficient (Wildman–Crippen LogP) is 3.03. The first-order valence-electron chi connectivity index (χ1n) is 8.95. The van der Waals surface area contributed by atoms with Gasteiger partial charge < -0.3 is 16.0 Å². The molecular weight excluding hydrogens is 340 g/mol. The first-order chi connectivity index (χ1) is 13.1. The molecule has 0 spiro atoms. The number of carbonyl (C=O) groups is 1. The molecule has 27 heavy (non-hydrogen) atoms. The average Bonchev–Trinajstić information content (AvgIpc) is 3.18. The molecule has 0 bridgehead atoms. The Kier molecular flexibility index (Phi) is 5.83. The van der Waals surface area contributed by atoms with Crippen molar-refractivity contribution in [3.8, 4) is 11.4 Å². The topological polar surface area (TPSA) is 99.9 Å². The Labute approximate surface area is 158 Å².